The molecule has 0 N–H and O–H groups in total. The van der Waals surface area contributed by atoms with Gasteiger partial charge in [0.1, 0.15) is 4.99 Å². The van der Waals surface area contributed by atoms with Gasteiger partial charge in [-0.15, -0.1) is 0 Å². The van der Waals surface area contributed by atoms with Crippen LogP contribution in [-0.4, -0.2) is 85.5 Å². The first-order valence-electron chi connectivity index (χ1n) is 10.3. The van der Waals surface area contributed by atoms with Crippen molar-refractivity contribution in [3.8, 4) is 11.5 Å². The number of nitrogens with zero attached hydrogens (tertiary/aromatic N) is 2. The lowest BCUT2D eigenvalue weighted by Gasteiger charge is -2.37. The Kier molecular flexibility index (Phi) is 8.33. The molecule has 2 heterocycles. The van der Waals surface area contributed by atoms with Crippen molar-refractivity contribution in [1.82, 2.24) is 9.80 Å². The molecular formula is C21H29BrN2O5S. The Hall–Kier alpha value is -1.42. The third kappa shape index (κ3) is 5.84. The molecule has 1 aromatic rings. The van der Waals surface area contributed by atoms with Crippen molar-refractivity contribution in [2.24, 2.45) is 0 Å². The third-order valence-corrected chi connectivity index (χ3v) is 6.05. The van der Waals surface area contributed by atoms with E-state index in [-0.39, 0.29) is 24.7 Å². The van der Waals surface area contributed by atoms with Crippen LogP contribution in [0.3, 0.4) is 0 Å². The lowest BCUT2D eigenvalue weighted by molar-refractivity contribution is -0.137. The summed E-state index contributed by atoms with van der Waals surface area (Å²) in [5.41, 5.74) is 0.869. The first-order valence-corrected chi connectivity index (χ1v) is 11.5. The van der Waals surface area contributed by atoms with Crippen LogP contribution in [0.4, 0.5) is 0 Å². The Bertz CT molecular complexity index is 762. The second-order valence-electron chi connectivity index (χ2n) is 7.47. The first-order chi connectivity index (χ1) is 14.4. The minimum absolute atomic E-state index is 0.0546. The monoisotopic (exact) mass is 500 g/mol. The third-order valence-electron chi connectivity index (χ3n) is 4.97. The molecule has 0 unspecified atom stereocenters. The normalized spacial score (nSPS) is 22.0. The maximum absolute atomic E-state index is 12.4. The first kappa shape index (κ1) is 23.2. The van der Waals surface area contributed by atoms with Gasteiger partial charge in [-0.3, -0.25) is 4.79 Å². The predicted octanol–water partition coefficient (Wildman–Crippen LogP) is 2.87. The van der Waals surface area contributed by atoms with E-state index in [1.165, 1.54) is 0 Å². The van der Waals surface area contributed by atoms with Gasteiger partial charge < -0.3 is 28.7 Å². The molecule has 2 fully saturated rings. The van der Waals surface area contributed by atoms with Gasteiger partial charge in [-0.25, -0.2) is 0 Å². The number of hydrogen-bond donors (Lipinski definition) is 0. The van der Waals surface area contributed by atoms with Crippen molar-refractivity contribution in [2.75, 3.05) is 52.6 Å². The quantitative estimate of drug-likeness (QED) is 0.556. The molecule has 2 atom stereocenters. The van der Waals surface area contributed by atoms with E-state index in [9.17, 15) is 4.79 Å². The highest BCUT2D eigenvalue weighted by molar-refractivity contribution is 9.10. The number of morpholine rings is 2. The topological polar surface area (TPSA) is 60.5 Å². The van der Waals surface area contributed by atoms with Crippen molar-refractivity contribution >= 4 is 39.0 Å². The standard InChI is InChI=1S/C21H29BrN2O5S/c1-4-27-18-10-16(21(30)24-11-14(2)29-15(3)12-24)9-17(22)20(18)28-13-19(25)23-5-7-26-8-6-23/h9-10,14-15H,4-8,11-13H2,1-3H3/t14-,15+. The molecule has 0 aliphatic carbocycles. The molecule has 2 aliphatic heterocycles. The van der Waals surface area contributed by atoms with Crippen LogP contribution in [-0.2, 0) is 14.3 Å². The lowest BCUT2D eigenvalue weighted by Crippen LogP contribution is -2.47. The number of benzene rings is 1. The average molecular weight is 501 g/mol. The van der Waals surface area contributed by atoms with Crippen LogP contribution in [0, 0.1) is 0 Å². The summed E-state index contributed by atoms with van der Waals surface area (Å²) in [6.45, 7) is 10.2. The summed E-state index contributed by atoms with van der Waals surface area (Å²) in [5, 5.41) is 0. The van der Waals surface area contributed by atoms with Gasteiger partial charge in [-0.1, -0.05) is 12.2 Å². The molecule has 7 nitrogen and oxygen atoms in total. The summed E-state index contributed by atoms with van der Waals surface area (Å²) in [6, 6.07) is 3.81. The molecule has 0 aromatic heterocycles. The van der Waals surface area contributed by atoms with Crippen LogP contribution in [0.5, 0.6) is 11.5 Å². The van der Waals surface area contributed by atoms with Crippen LogP contribution in [0.2, 0.25) is 0 Å². The zero-order valence-electron chi connectivity index (χ0n) is 17.7. The lowest BCUT2D eigenvalue weighted by atomic mass is 10.1. The van der Waals surface area contributed by atoms with Gasteiger partial charge in [-0.2, -0.15) is 0 Å². The number of halogens is 1. The molecule has 2 aliphatic rings. The molecule has 3 rings (SSSR count). The highest BCUT2D eigenvalue weighted by atomic mass is 79.9. The molecule has 0 saturated carbocycles. The van der Waals surface area contributed by atoms with E-state index in [4.69, 9.17) is 31.2 Å². The molecule has 166 valence electrons. The molecule has 0 spiro atoms. The summed E-state index contributed by atoms with van der Waals surface area (Å²) < 4.78 is 23.5. The maximum Gasteiger partial charge on any atom is 0.260 e. The fraction of sp³-hybridized carbons (Fsp3) is 0.619. The van der Waals surface area contributed by atoms with E-state index in [1.807, 2.05) is 19.1 Å². The zero-order valence-corrected chi connectivity index (χ0v) is 20.1. The van der Waals surface area contributed by atoms with Gasteiger partial charge in [0.25, 0.3) is 5.91 Å². The van der Waals surface area contributed by atoms with Crippen molar-refractivity contribution in [1.29, 1.82) is 0 Å². The molecule has 9 heteroatoms. The summed E-state index contributed by atoms with van der Waals surface area (Å²) in [7, 11) is 0. The van der Waals surface area contributed by atoms with Crippen LogP contribution < -0.4 is 9.47 Å². The van der Waals surface area contributed by atoms with E-state index in [0.717, 1.165) is 23.6 Å². The van der Waals surface area contributed by atoms with Gasteiger partial charge in [0.2, 0.25) is 0 Å². The Balaban J connectivity index is 1.74. The number of carbonyl (C=O) groups excluding carboxylic acids is 1. The zero-order chi connectivity index (χ0) is 21.7. The Morgan fingerprint density at radius 2 is 1.83 bits per heavy atom. The highest BCUT2D eigenvalue weighted by Crippen LogP contribution is 2.37. The van der Waals surface area contributed by atoms with Crippen molar-refractivity contribution in [3.05, 3.63) is 22.2 Å². The van der Waals surface area contributed by atoms with Crippen LogP contribution in [0.25, 0.3) is 0 Å². The summed E-state index contributed by atoms with van der Waals surface area (Å²) in [6.07, 6.45) is 0.241. The summed E-state index contributed by atoms with van der Waals surface area (Å²) in [4.78, 5) is 17.1. The number of ether oxygens (including phenoxy) is 4. The van der Waals surface area contributed by atoms with E-state index in [0.29, 0.717) is 48.9 Å². The second-order valence-corrected chi connectivity index (χ2v) is 8.71. The van der Waals surface area contributed by atoms with Gasteiger partial charge >= 0.3 is 0 Å². The molecule has 0 radical (unpaired) electrons. The van der Waals surface area contributed by atoms with E-state index in [1.54, 1.807) is 4.90 Å². The maximum atomic E-state index is 12.4. The van der Waals surface area contributed by atoms with Crippen molar-refractivity contribution in [3.63, 3.8) is 0 Å². The minimum Gasteiger partial charge on any atom is -0.490 e. The second kappa shape index (κ2) is 10.7. The van der Waals surface area contributed by atoms with Gasteiger partial charge in [0, 0.05) is 31.7 Å². The number of rotatable bonds is 6. The Morgan fingerprint density at radius 1 is 1.17 bits per heavy atom. The fourth-order valence-corrected chi connectivity index (χ4v) is 4.48. The van der Waals surface area contributed by atoms with Crippen molar-refractivity contribution < 1.29 is 23.7 Å². The van der Waals surface area contributed by atoms with Crippen LogP contribution in [0.15, 0.2) is 16.6 Å². The van der Waals surface area contributed by atoms with Crippen molar-refractivity contribution in [2.45, 2.75) is 33.0 Å². The highest BCUT2D eigenvalue weighted by Gasteiger charge is 2.26. The number of carbonyl (C=O) groups is 1. The fourth-order valence-electron chi connectivity index (χ4n) is 3.66. The van der Waals surface area contributed by atoms with Gasteiger partial charge in [-0.05, 0) is 48.8 Å². The summed E-state index contributed by atoms with van der Waals surface area (Å²) >= 11 is 9.34. The van der Waals surface area contributed by atoms with Crippen LogP contribution >= 0.6 is 28.1 Å². The average Bonchev–Trinajstić information content (AvgIpc) is 2.72. The van der Waals surface area contributed by atoms with E-state index >= 15 is 0 Å². The minimum atomic E-state index is -0.0662. The molecule has 1 amide bonds. The number of thiocarbonyl (C=S) groups is 1. The van der Waals surface area contributed by atoms with Crippen LogP contribution in [0.1, 0.15) is 26.3 Å². The number of amides is 1. The molecular weight excluding hydrogens is 472 g/mol. The molecule has 1 aromatic carbocycles. The Morgan fingerprint density at radius 3 is 2.47 bits per heavy atom. The largest absolute Gasteiger partial charge is 0.490 e. The Labute approximate surface area is 191 Å². The van der Waals surface area contributed by atoms with E-state index in [2.05, 4.69) is 34.7 Å². The molecule has 2 saturated heterocycles. The SMILES string of the molecule is CCOc1cc(C(=S)N2C[C@@H](C)O[C@@H](C)C2)cc(Br)c1OCC(=O)N1CCOCC1. The smallest absolute Gasteiger partial charge is 0.260 e. The summed E-state index contributed by atoms with van der Waals surface area (Å²) in [5.74, 6) is 1.01. The predicted molar refractivity (Wildman–Crippen MR) is 121 cm³/mol. The van der Waals surface area contributed by atoms with E-state index < -0.39 is 0 Å². The van der Waals surface area contributed by atoms with Gasteiger partial charge in [0.05, 0.1) is 36.5 Å². The van der Waals surface area contributed by atoms with Gasteiger partial charge in [0.15, 0.2) is 18.1 Å². The molecule has 0 bridgehead atoms. The number of hydrogen-bond acceptors (Lipinski definition) is 6. The molecule has 30 heavy (non-hydrogen) atoms.